The second-order valence-electron chi connectivity index (χ2n) is 5.86. The van der Waals surface area contributed by atoms with Gasteiger partial charge in [-0.15, -0.1) is 0 Å². The van der Waals surface area contributed by atoms with Crippen LogP contribution in [-0.2, 0) is 9.53 Å². The molecule has 0 saturated heterocycles. The van der Waals surface area contributed by atoms with E-state index in [2.05, 4.69) is 20.8 Å². The van der Waals surface area contributed by atoms with Crippen LogP contribution in [0.15, 0.2) is 11.1 Å². The highest BCUT2D eigenvalue weighted by Crippen LogP contribution is 2.40. The Labute approximate surface area is 99.1 Å². The van der Waals surface area contributed by atoms with Crippen LogP contribution in [0.25, 0.3) is 0 Å². The molecule has 2 heteroatoms. The quantitative estimate of drug-likeness (QED) is 0.501. The van der Waals surface area contributed by atoms with E-state index in [-0.39, 0.29) is 5.97 Å². The van der Waals surface area contributed by atoms with Crippen molar-refractivity contribution in [2.45, 2.75) is 53.4 Å². The molecule has 16 heavy (non-hydrogen) atoms. The lowest BCUT2D eigenvalue weighted by Crippen LogP contribution is -2.24. The Morgan fingerprint density at radius 3 is 2.12 bits per heavy atom. The summed E-state index contributed by atoms with van der Waals surface area (Å²) in [5, 5.41) is 0. The summed E-state index contributed by atoms with van der Waals surface area (Å²) in [4.78, 5) is 11.4. The number of methoxy groups -OCH3 is 1. The Bertz CT molecular complexity index is 284. The summed E-state index contributed by atoms with van der Waals surface area (Å²) in [5.41, 5.74) is 2.52. The first-order chi connectivity index (χ1) is 7.36. The van der Waals surface area contributed by atoms with Gasteiger partial charge in [-0.2, -0.15) is 0 Å². The van der Waals surface area contributed by atoms with Gasteiger partial charge in [-0.25, -0.2) is 4.79 Å². The molecule has 1 saturated carbocycles. The maximum atomic E-state index is 11.4. The van der Waals surface area contributed by atoms with E-state index in [1.807, 2.05) is 6.92 Å². The van der Waals surface area contributed by atoms with Gasteiger partial charge in [-0.3, -0.25) is 0 Å². The number of carbonyl (C=O) groups is 1. The Morgan fingerprint density at radius 2 is 1.75 bits per heavy atom. The summed E-state index contributed by atoms with van der Waals surface area (Å²) >= 11 is 0. The molecule has 1 aliphatic carbocycles. The highest BCUT2D eigenvalue weighted by molar-refractivity contribution is 5.88. The van der Waals surface area contributed by atoms with Gasteiger partial charge >= 0.3 is 5.97 Å². The average molecular weight is 224 g/mol. The first kappa shape index (κ1) is 13.3. The topological polar surface area (TPSA) is 26.3 Å². The minimum Gasteiger partial charge on any atom is -0.466 e. The molecule has 0 heterocycles. The largest absolute Gasteiger partial charge is 0.466 e. The molecule has 2 nitrogen and oxygen atoms in total. The molecule has 0 radical (unpaired) electrons. The predicted molar refractivity (Wildman–Crippen MR) is 66.1 cm³/mol. The van der Waals surface area contributed by atoms with Crippen LogP contribution in [0.4, 0.5) is 0 Å². The first-order valence-electron chi connectivity index (χ1n) is 6.13. The third-order valence-corrected chi connectivity index (χ3v) is 3.84. The number of hydrogen-bond acceptors (Lipinski definition) is 2. The van der Waals surface area contributed by atoms with E-state index >= 15 is 0 Å². The highest BCUT2D eigenvalue weighted by Gasteiger charge is 2.28. The van der Waals surface area contributed by atoms with Gasteiger partial charge in [-0.05, 0) is 43.9 Å². The number of esters is 1. The molecule has 0 aromatic carbocycles. The van der Waals surface area contributed by atoms with E-state index in [9.17, 15) is 4.79 Å². The summed E-state index contributed by atoms with van der Waals surface area (Å²) in [6.07, 6.45) is 4.52. The molecule has 0 amide bonds. The van der Waals surface area contributed by atoms with Gasteiger partial charge in [-0.1, -0.05) is 26.3 Å². The lowest BCUT2D eigenvalue weighted by Gasteiger charge is -2.35. The monoisotopic (exact) mass is 224 g/mol. The van der Waals surface area contributed by atoms with Crippen molar-refractivity contribution in [1.82, 2.24) is 0 Å². The van der Waals surface area contributed by atoms with Crippen LogP contribution in [0.3, 0.4) is 0 Å². The summed E-state index contributed by atoms with van der Waals surface area (Å²) in [6, 6.07) is 0. The van der Waals surface area contributed by atoms with Gasteiger partial charge in [0.05, 0.1) is 7.11 Å². The molecule has 1 fully saturated rings. The molecule has 0 N–H and O–H groups in total. The van der Waals surface area contributed by atoms with Crippen LogP contribution in [0.2, 0.25) is 0 Å². The lowest BCUT2D eigenvalue weighted by atomic mass is 9.71. The molecule has 0 unspecified atom stereocenters. The normalized spacial score (nSPS) is 21.8. The number of hydrogen-bond donors (Lipinski definition) is 0. The number of rotatable bonds is 1. The molecule has 0 atom stereocenters. The predicted octanol–water partition coefficient (Wildman–Crippen LogP) is 3.71. The Balaban J connectivity index is 2.65. The molecular formula is C14H24O2. The SMILES string of the molecule is COC(=O)C(C)=C1CCC(C(C)(C)C)CC1. The zero-order chi connectivity index (χ0) is 12.3. The molecule has 92 valence electrons. The van der Waals surface area contributed by atoms with E-state index in [0.717, 1.165) is 24.3 Å². The Kier molecular flexibility index (Phi) is 4.17. The van der Waals surface area contributed by atoms with Crippen molar-refractivity contribution in [3.05, 3.63) is 11.1 Å². The minimum absolute atomic E-state index is 0.163. The van der Waals surface area contributed by atoms with Crippen molar-refractivity contribution < 1.29 is 9.53 Å². The fourth-order valence-electron chi connectivity index (χ4n) is 2.50. The summed E-state index contributed by atoms with van der Waals surface area (Å²) in [6.45, 7) is 8.80. The first-order valence-corrected chi connectivity index (χ1v) is 6.13. The van der Waals surface area contributed by atoms with Crippen molar-refractivity contribution in [3.63, 3.8) is 0 Å². The number of ether oxygens (including phenoxy) is 1. The van der Waals surface area contributed by atoms with E-state index < -0.39 is 0 Å². The summed E-state index contributed by atoms with van der Waals surface area (Å²) in [7, 11) is 1.45. The maximum Gasteiger partial charge on any atom is 0.333 e. The van der Waals surface area contributed by atoms with Crippen molar-refractivity contribution in [1.29, 1.82) is 0 Å². The Morgan fingerprint density at radius 1 is 1.25 bits per heavy atom. The number of carbonyl (C=O) groups excluding carboxylic acids is 1. The minimum atomic E-state index is -0.163. The van der Waals surface area contributed by atoms with Crippen molar-refractivity contribution >= 4 is 5.97 Å². The third-order valence-electron chi connectivity index (χ3n) is 3.84. The van der Waals surface area contributed by atoms with Gasteiger partial charge < -0.3 is 4.74 Å². The Hall–Kier alpha value is -0.790. The van der Waals surface area contributed by atoms with Crippen molar-refractivity contribution in [3.8, 4) is 0 Å². The van der Waals surface area contributed by atoms with Crippen LogP contribution in [0.1, 0.15) is 53.4 Å². The van der Waals surface area contributed by atoms with Gasteiger partial charge in [0.1, 0.15) is 0 Å². The summed E-state index contributed by atoms with van der Waals surface area (Å²) in [5.74, 6) is 0.617. The van der Waals surface area contributed by atoms with E-state index in [4.69, 9.17) is 4.74 Å². The fourth-order valence-corrected chi connectivity index (χ4v) is 2.50. The van der Waals surface area contributed by atoms with E-state index in [1.54, 1.807) is 0 Å². The molecule has 0 bridgehead atoms. The van der Waals surface area contributed by atoms with Crippen LogP contribution < -0.4 is 0 Å². The van der Waals surface area contributed by atoms with E-state index in [0.29, 0.717) is 5.41 Å². The fraction of sp³-hybridized carbons (Fsp3) is 0.786. The van der Waals surface area contributed by atoms with Crippen molar-refractivity contribution in [2.24, 2.45) is 11.3 Å². The third kappa shape index (κ3) is 3.10. The zero-order valence-electron chi connectivity index (χ0n) is 11.2. The molecule has 1 rings (SSSR count). The van der Waals surface area contributed by atoms with E-state index in [1.165, 1.54) is 25.5 Å². The highest BCUT2D eigenvalue weighted by atomic mass is 16.5. The van der Waals surface area contributed by atoms with Gasteiger partial charge in [0.2, 0.25) is 0 Å². The van der Waals surface area contributed by atoms with Gasteiger partial charge in [0.15, 0.2) is 0 Å². The number of allylic oxidation sites excluding steroid dienone is 1. The van der Waals surface area contributed by atoms with Crippen LogP contribution in [0, 0.1) is 11.3 Å². The molecule has 0 aliphatic heterocycles. The van der Waals surface area contributed by atoms with Crippen LogP contribution >= 0.6 is 0 Å². The van der Waals surface area contributed by atoms with Gasteiger partial charge in [0, 0.05) is 5.57 Å². The van der Waals surface area contributed by atoms with Gasteiger partial charge in [0.25, 0.3) is 0 Å². The zero-order valence-corrected chi connectivity index (χ0v) is 11.2. The second kappa shape index (κ2) is 5.03. The molecule has 1 aliphatic rings. The maximum absolute atomic E-state index is 11.4. The smallest absolute Gasteiger partial charge is 0.333 e. The molecule has 0 aromatic heterocycles. The standard InChI is InChI=1S/C14H24O2/c1-10(13(15)16-5)11-6-8-12(9-7-11)14(2,3)4/h12H,6-9H2,1-5H3. The second-order valence-corrected chi connectivity index (χ2v) is 5.86. The average Bonchev–Trinajstić information content (AvgIpc) is 2.26. The van der Waals surface area contributed by atoms with Crippen LogP contribution in [0.5, 0.6) is 0 Å². The molecule has 0 aromatic rings. The van der Waals surface area contributed by atoms with Crippen molar-refractivity contribution in [2.75, 3.05) is 7.11 Å². The van der Waals surface area contributed by atoms with Crippen LogP contribution in [-0.4, -0.2) is 13.1 Å². The lowest BCUT2D eigenvalue weighted by molar-refractivity contribution is -0.136. The summed E-state index contributed by atoms with van der Waals surface area (Å²) < 4.78 is 4.76. The molecular weight excluding hydrogens is 200 g/mol. The molecule has 0 spiro atoms.